The van der Waals surface area contributed by atoms with Crippen molar-refractivity contribution in [2.24, 2.45) is 5.92 Å². The zero-order valence-corrected chi connectivity index (χ0v) is 4.88. The molecule has 2 nitrogen and oxygen atoms in total. The van der Waals surface area contributed by atoms with Gasteiger partial charge in [-0.25, -0.2) is 0 Å². The predicted octanol–water partition coefficient (Wildman–Crippen LogP) is 0.259. The first-order valence-corrected chi connectivity index (χ1v) is 3.15. The van der Waals surface area contributed by atoms with Crippen LogP contribution in [0.4, 0.5) is 0 Å². The second-order valence-corrected chi connectivity index (χ2v) is 2.50. The Balaban J connectivity index is 1.87. The lowest BCUT2D eigenvalue weighted by Gasteiger charge is -1.93. The van der Waals surface area contributed by atoms with Crippen molar-refractivity contribution in [2.45, 2.75) is 25.6 Å². The summed E-state index contributed by atoms with van der Waals surface area (Å²) in [5, 5.41) is 16.8. The van der Waals surface area contributed by atoms with Gasteiger partial charge in [0.15, 0.2) is 0 Å². The van der Waals surface area contributed by atoms with Gasteiger partial charge in [0.05, 0.1) is 0 Å². The Hall–Kier alpha value is -0.0151. The minimum absolute atomic E-state index is 0.560. The SMILES string of the molecule is OB(O)CCC1CC1. The minimum atomic E-state index is -1.07. The molecule has 0 saturated heterocycles. The molecule has 1 fully saturated rings. The Kier molecular flexibility index (Phi) is 1.92. The fraction of sp³-hybridized carbons (Fsp3) is 1.00. The Morgan fingerprint density at radius 3 is 2.38 bits per heavy atom. The lowest BCUT2D eigenvalue weighted by Crippen LogP contribution is -2.09. The zero-order chi connectivity index (χ0) is 5.98. The summed E-state index contributed by atoms with van der Waals surface area (Å²) >= 11 is 0. The molecule has 46 valence electrons. The van der Waals surface area contributed by atoms with Crippen molar-refractivity contribution < 1.29 is 10.0 Å². The summed E-state index contributed by atoms with van der Waals surface area (Å²) in [7, 11) is -1.07. The van der Waals surface area contributed by atoms with E-state index in [1.807, 2.05) is 0 Å². The first-order valence-electron chi connectivity index (χ1n) is 3.15. The van der Waals surface area contributed by atoms with Gasteiger partial charge in [-0.1, -0.05) is 19.3 Å². The lowest BCUT2D eigenvalue weighted by atomic mass is 9.83. The fourth-order valence-electron chi connectivity index (χ4n) is 0.791. The van der Waals surface area contributed by atoms with Gasteiger partial charge in [-0.15, -0.1) is 0 Å². The van der Waals surface area contributed by atoms with Gasteiger partial charge in [0.2, 0.25) is 0 Å². The van der Waals surface area contributed by atoms with Gasteiger partial charge in [-0.05, 0) is 12.2 Å². The second-order valence-electron chi connectivity index (χ2n) is 2.50. The third-order valence-electron chi connectivity index (χ3n) is 1.53. The average molecular weight is 114 g/mol. The Labute approximate surface area is 49.7 Å². The topological polar surface area (TPSA) is 40.5 Å². The molecule has 0 aromatic heterocycles. The highest BCUT2D eigenvalue weighted by Crippen LogP contribution is 2.33. The monoisotopic (exact) mass is 114 g/mol. The van der Waals surface area contributed by atoms with Gasteiger partial charge in [-0.3, -0.25) is 0 Å². The molecule has 0 amide bonds. The largest absolute Gasteiger partial charge is 0.451 e. The standard InChI is InChI=1S/C5H11BO2/c7-6(8)4-3-5-1-2-5/h5,7-8H,1-4H2. The van der Waals surface area contributed by atoms with Crippen LogP contribution in [0.2, 0.25) is 6.32 Å². The molecule has 0 atom stereocenters. The molecular formula is C5H11BO2. The van der Waals surface area contributed by atoms with Gasteiger partial charge < -0.3 is 10.0 Å². The smallest absolute Gasteiger partial charge is 0.427 e. The van der Waals surface area contributed by atoms with E-state index in [2.05, 4.69) is 0 Å². The van der Waals surface area contributed by atoms with Gasteiger partial charge in [-0.2, -0.15) is 0 Å². The third-order valence-corrected chi connectivity index (χ3v) is 1.53. The van der Waals surface area contributed by atoms with Gasteiger partial charge in [0.1, 0.15) is 0 Å². The van der Waals surface area contributed by atoms with E-state index in [0.29, 0.717) is 6.32 Å². The van der Waals surface area contributed by atoms with E-state index < -0.39 is 7.12 Å². The predicted molar refractivity (Wildman–Crippen MR) is 32.3 cm³/mol. The Morgan fingerprint density at radius 1 is 1.38 bits per heavy atom. The fourth-order valence-corrected chi connectivity index (χ4v) is 0.791. The van der Waals surface area contributed by atoms with Gasteiger partial charge in [0, 0.05) is 0 Å². The van der Waals surface area contributed by atoms with Crippen LogP contribution in [0, 0.1) is 5.92 Å². The highest BCUT2D eigenvalue weighted by atomic mass is 16.4. The molecule has 0 aromatic carbocycles. The van der Waals surface area contributed by atoms with Crippen molar-refractivity contribution >= 4 is 7.12 Å². The molecule has 3 heteroatoms. The highest BCUT2D eigenvalue weighted by Gasteiger charge is 2.22. The van der Waals surface area contributed by atoms with Gasteiger partial charge in [0.25, 0.3) is 0 Å². The van der Waals surface area contributed by atoms with Crippen LogP contribution in [0.15, 0.2) is 0 Å². The Bertz CT molecular complexity index is 68.8. The molecule has 0 bridgehead atoms. The average Bonchev–Trinajstić information content (AvgIpc) is 2.41. The van der Waals surface area contributed by atoms with Crippen molar-refractivity contribution in [3.63, 3.8) is 0 Å². The van der Waals surface area contributed by atoms with E-state index in [1.165, 1.54) is 12.8 Å². The molecule has 0 spiro atoms. The van der Waals surface area contributed by atoms with Crippen molar-refractivity contribution in [1.29, 1.82) is 0 Å². The third kappa shape index (κ3) is 2.33. The molecule has 8 heavy (non-hydrogen) atoms. The first-order chi connectivity index (χ1) is 3.79. The molecule has 2 N–H and O–H groups in total. The summed E-state index contributed by atoms with van der Waals surface area (Å²) in [6.45, 7) is 0. The quantitative estimate of drug-likeness (QED) is 0.516. The van der Waals surface area contributed by atoms with E-state index in [0.717, 1.165) is 12.3 Å². The van der Waals surface area contributed by atoms with Crippen LogP contribution in [0.25, 0.3) is 0 Å². The molecule has 0 aromatic rings. The van der Waals surface area contributed by atoms with Crippen LogP contribution in [0.3, 0.4) is 0 Å². The lowest BCUT2D eigenvalue weighted by molar-refractivity contribution is 0.401. The number of hydrogen-bond donors (Lipinski definition) is 2. The van der Waals surface area contributed by atoms with Crippen LogP contribution in [0.1, 0.15) is 19.3 Å². The second kappa shape index (κ2) is 2.51. The summed E-state index contributed by atoms with van der Waals surface area (Å²) in [6, 6.07) is 0. The molecule has 1 rings (SSSR count). The molecule has 0 aliphatic heterocycles. The first kappa shape index (κ1) is 6.11. The number of hydrogen-bond acceptors (Lipinski definition) is 2. The zero-order valence-electron chi connectivity index (χ0n) is 4.88. The van der Waals surface area contributed by atoms with Crippen molar-refractivity contribution in [3.8, 4) is 0 Å². The van der Waals surface area contributed by atoms with Crippen molar-refractivity contribution in [2.75, 3.05) is 0 Å². The maximum Gasteiger partial charge on any atom is 0.451 e. The summed E-state index contributed by atoms with van der Waals surface area (Å²) in [5.74, 6) is 0.816. The van der Waals surface area contributed by atoms with Crippen LogP contribution in [-0.2, 0) is 0 Å². The summed E-state index contributed by atoms with van der Waals surface area (Å²) < 4.78 is 0. The molecule has 1 saturated carbocycles. The maximum absolute atomic E-state index is 8.38. The molecule has 1 aliphatic rings. The van der Waals surface area contributed by atoms with E-state index in [9.17, 15) is 0 Å². The van der Waals surface area contributed by atoms with E-state index >= 15 is 0 Å². The minimum Gasteiger partial charge on any atom is -0.427 e. The van der Waals surface area contributed by atoms with Gasteiger partial charge >= 0.3 is 7.12 Å². The molecule has 0 radical (unpaired) electrons. The van der Waals surface area contributed by atoms with Crippen LogP contribution in [-0.4, -0.2) is 17.2 Å². The van der Waals surface area contributed by atoms with E-state index in [-0.39, 0.29) is 0 Å². The normalized spacial score (nSPS) is 18.8. The molecule has 0 unspecified atom stereocenters. The van der Waals surface area contributed by atoms with Crippen molar-refractivity contribution in [1.82, 2.24) is 0 Å². The van der Waals surface area contributed by atoms with E-state index in [4.69, 9.17) is 10.0 Å². The summed E-state index contributed by atoms with van der Waals surface area (Å²) in [5.41, 5.74) is 0. The molecular weight excluding hydrogens is 103 g/mol. The highest BCUT2D eigenvalue weighted by molar-refractivity contribution is 6.40. The van der Waals surface area contributed by atoms with Crippen LogP contribution >= 0.6 is 0 Å². The molecule has 0 heterocycles. The van der Waals surface area contributed by atoms with Crippen LogP contribution in [0.5, 0.6) is 0 Å². The number of rotatable bonds is 3. The molecule has 1 aliphatic carbocycles. The summed E-state index contributed by atoms with van der Waals surface area (Å²) in [4.78, 5) is 0. The summed E-state index contributed by atoms with van der Waals surface area (Å²) in [6.07, 6.45) is 4.15. The van der Waals surface area contributed by atoms with Crippen molar-refractivity contribution in [3.05, 3.63) is 0 Å². The Morgan fingerprint density at radius 2 is 2.00 bits per heavy atom. The van der Waals surface area contributed by atoms with E-state index in [1.54, 1.807) is 0 Å². The maximum atomic E-state index is 8.38. The van der Waals surface area contributed by atoms with Crippen LogP contribution < -0.4 is 0 Å².